The standard InChI is InChI=1S/C42H51N5O8S/c1-41(2,3)55-40(52)47(22-20-31-25-44-38(54-31)42(53,28-10-6-4-7-11-28)29-12-8-5-9-13-29)23-21-35(50)45-30-16-14-27(15-17-30)24-43-26-34(49)32-18-19-33(48)36-37(32)56-39(51)46-36/h4,6-7,10-11,14-19,25,29,34,43,48-49,53H,5,8-9,12-13,20-24,26H2,1-3H3,(H,45,50)(H,46,51)/t34-,42-/m0/s1. The number of rotatable bonds is 15. The molecule has 1 fully saturated rings. The van der Waals surface area contributed by atoms with Gasteiger partial charge in [-0.3, -0.25) is 9.59 Å². The van der Waals surface area contributed by atoms with E-state index in [9.17, 15) is 29.7 Å². The molecule has 6 N–H and O–H groups in total. The molecule has 0 saturated heterocycles. The van der Waals surface area contributed by atoms with Gasteiger partial charge in [-0.25, -0.2) is 9.78 Å². The van der Waals surface area contributed by atoms with Crippen molar-refractivity contribution in [2.75, 3.05) is 25.0 Å². The highest BCUT2D eigenvalue weighted by Gasteiger charge is 2.44. The number of phenols is 1. The van der Waals surface area contributed by atoms with Gasteiger partial charge >= 0.3 is 11.0 Å². The number of aromatic amines is 1. The summed E-state index contributed by atoms with van der Waals surface area (Å²) in [5.74, 6) is 0.418. The molecule has 14 heteroatoms. The van der Waals surface area contributed by atoms with E-state index >= 15 is 0 Å². The zero-order valence-electron chi connectivity index (χ0n) is 32.0. The number of thiazole rings is 1. The Morgan fingerprint density at radius 2 is 1.77 bits per heavy atom. The molecule has 1 aliphatic carbocycles. The summed E-state index contributed by atoms with van der Waals surface area (Å²) in [6, 6.07) is 19.9. The molecule has 0 aliphatic heterocycles. The monoisotopic (exact) mass is 785 g/mol. The molecule has 3 aromatic carbocycles. The minimum Gasteiger partial charge on any atom is -0.506 e. The van der Waals surface area contributed by atoms with E-state index in [1.807, 2.05) is 42.5 Å². The van der Waals surface area contributed by atoms with Crippen LogP contribution in [-0.4, -0.2) is 67.4 Å². The molecule has 0 bridgehead atoms. The van der Waals surface area contributed by atoms with Crippen molar-refractivity contribution in [1.82, 2.24) is 20.2 Å². The maximum absolute atomic E-state index is 13.3. The second-order valence-electron chi connectivity index (χ2n) is 15.4. The Balaban J connectivity index is 1.02. The summed E-state index contributed by atoms with van der Waals surface area (Å²) in [7, 11) is 0. The number of nitrogens with one attached hydrogen (secondary N) is 3. The van der Waals surface area contributed by atoms with Gasteiger partial charge in [0.25, 0.3) is 0 Å². The van der Waals surface area contributed by atoms with Gasteiger partial charge in [0.05, 0.1) is 17.0 Å². The number of H-pyrrole nitrogens is 1. The molecule has 0 unspecified atom stereocenters. The van der Waals surface area contributed by atoms with Crippen LogP contribution in [0.3, 0.4) is 0 Å². The zero-order valence-corrected chi connectivity index (χ0v) is 32.9. The van der Waals surface area contributed by atoms with Crippen LogP contribution in [0.25, 0.3) is 10.2 Å². The van der Waals surface area contributed by atoms with Crippen molar-refractivity contribution in [3.05, 3.63) is 111 Å². The summed E-state index contributed by atoms with van der Waals surface area (Å²) in [5, 5.41) is 39.1. The van der Waals surface area contributed by atoms with Crippen molar-refractivity contribution < 1.29 is 34.1 Å². The number of hydrogen-bond acceptors (Lipinski definition) is 11. The van der Waals surface area contributed by atoms with E-state index in [2.05, 4.69) is 20.6 Å². The van der Waals surface area contributed by atoms with Crippen LogP contribution in [0.15, 0.2) is 82.1 Å². The van der Waals surface area contributed by atoms with Crippen molar-refractivity contribution in [3.8, 4) is 5.75 Å². The highest BCUT2D eigenvalue weighted by atomic mass is 32.1. The highest BCUT2D eigenvalue weighted by Crippen LogP contribution is 2.43. The molecule has 5 aromatic rings. The lowest BCUT2D eigenvalue weighted by molar-refractivity contribution is -0.116. The quantitative estimate of drug-likeness (QED) is 0.0664. The fourth-order valence-electron chi connectivity index (χ4n) is 7.14. The first-order valence-corrected chi connectivity index (χ1v) is 19.9. The number of anilines is 1. The maximum Gasteiger partial charge on any atom is 0.410 e. The molecule has 2 amide bonds. The number of fused-ring (bicyclic) bond motifs is 1. The molecular weight excluding hydrogens is 735 g/mol. The van der Waals surface area contributed by atoms with Crippen LogP contribution in [0.5, 0.6) is 5.75 Å². The predicted octanol–water partition coefficient (Wildman–Crippen LogP) is 6.73. The molecule has 2 atom stereocenters. The zero-order chi connectivity index (χ0) is 39.9. The smallest absolute Gasteiger partial charge is 0.410 e. The first kappa shape index (κ1) is 40.6. The predicted molar refractivity (Wildman–Crippen MR) is 214 cm³/mol. The lowest BCUT2D eigenvalue weighted by Crippen LogP contribution is -2.39. The maximum atomic E-state index is 13.3. The van der Waals surface area contributed by atoms with Crippen LogP contribution in [0.2, 0.25) is 0 Å². The number of amides is 2. The number of aliphatic hydroxyl groups excluding tert-OH is 1. The van der Waals surface area contributed by atoms with E-state index in [0.717, 1.165) is 54.6 Å². The van der Waals surface area contributed by atoms with Crippen LogP contribution in [0.4, 0.5) is 10.5 Å². The summed E-state index contributed by atoms with van der Waals surface area (Å²) in [6.07, 6.45) is 5.45. The lowest BCUT2D eigenvalue weighted by Gasteiger charge is -2.36. The van der Waals surface area contributed by atoms with E-state index in [4.69, 9.17) is 9.15 Å². The fourth-order valence-corrected chi connectivity index (χ4v) is 8.06. The Kier molecular flexibility index (Phi) is 12.9. The van der Waals surface area contributed by atoms with Crippen LogP contribution in [-0.2, 0) is 28.1 Å². The summed E-state index contributed by atoms with van der Waals surface area (Å²) >= 11 is 0.939. The number of nitrogens with zero attached hydrogens (tertiary/aromatic N) is 2. The van der Waals surface area contributed by atoms with E-state index in [0.29, 0.717) is 40.2 Å². The van der Waals surface area contributed by atoms with Gasteiger partial charge in [-0.1, -0.05) is 79.1 Å². The van der Waals surface area contributed by atoms with Gasteiger partial charge in [0, 0.05) is 56.2 Å². The van der Waals surface area contributed by atoms with Gasteiger partial charge in [-0.05, 0) is 62.9 Å². The van der Waals surface area contributed by atoms with E-state index in [1.54, 1.807) is 45.2 Å². The third-order valence-corrected chi connectivity index (χ3v) is 11.0. The SMILES string of the molecule is CC(C)(C)OC(=O)N(CCC(=O)Nc1ccc(CNC[C@H](O)c2ccc(O)c3[nH]c(=O)sc23)cc1)CCc1cnc([C@](O)(c2ccccc2)C2CCCCC2)o1. The number of hydrogen-bond donors (Lipinski definition) is 6. The van der Waals surface area contributed by atoms with Gasteiger partial charge in [0.15, 0.2) is 5.60 Å². The molecule has 13 nitrogen and oxygen atoms in total. The van der Waals surface area contributed by atoms with Crippen molar-refractivity contribution in [2.24, 2.45) is 5.92 Å². The Labute approximate surface area is 329 Å². The van der Waals surface area contributed by atoms with Crippen molar-refractivity contribution in [3.63, 3.8) is 0 Å². The number of ether oxygens (including phenoxy) is 1. The average Bonchev–Trinajstić information content (AvgIpc) is 3.83. The molecule has 6 rings (SSSR count). The number of oxazole rings is 1. The van der Waals surface area contributed by atoms with Gasteiger partial charge in [0.1, 0.15) is 22.6 Å². The van der Waals surface area contributed by atoms with E-state index in [-0.39, 0.29) is 54.4 Å². The van der Waals surface area contributed by atoms with Crippen molar-refractivity contribution in [2.45, 2.75) is 89.6 Å². The molecule has 56 heavy (non-hydrogen) atoms. The van der Waals surface area contributed by atoms with Crippen LogP contribution in [0.1, 0.15) is 93.7 Å². The van der Waals surface area contributed by atoms with Gasteiger partial charge in [-0.2, -0.15) is 0 Å². The molecule has 0 radical (unpaired) electrons. The first-order chi connectivity index (χ1) is 26.8. The second kappa shape index (κ2) is 17.8. The summed E-state index contributed by atoms with van der Waals surface area (Å²) in [4.78, 5) is 46.5. The number of benzene rings is 3. The third-order valence-electron chi connectivity index (χ3n) is 10.0. The second-order valence-corrected chi connectivity index (χ2v) is 16.3. The first-order valence-electron chi connectivity index (χ1n) is 19.1. The molecule has 1 saturated carbocycles. The summed E-state index contributed by atoms with van der Waals surface area (Å²) in [6.45, 7) is 6.34. The number of carbonyl (C=O) groups is 2. The molecule has 2 aromatic heterocycles. The van der Waals surface area contributed by atoms with Crippen molar-refractivity contribution in [1.29, 1.82) is 0 Å². The molecule has 2 heterocycles. The average molecular weight is 786 g/mol. The third kappa shape index (κ3) is 10.0. The number of aromatic nitrogens is 2. The fraction of sp³-hybridized carbons (Fsp3) is 0.429. The number of aromatic hydroxyl groups is 1. The van der Waals surface area contributed by atoms with Gasteiger partial charge in [0.2, 0.25) is 11.8 Å². The molecule has 298 valence electrons. The van der Waals surface area contributed by atoms with Crippen LogP contribution >= 0.6 is 11.3 Å². The lowest BCUT2D eigenvalue weighted by atomic mass is 9.73. The van der Waals surface area contributed by atoms with Crippen molar-refractivity contribution >= 4 is 39.2 Å². The van der Waals surface area contributed by atoms with Crippen LogP contribution in [0, 0.1) is 5.92 Å². The molecular formula is C42H51N5O8S. The molecule has 1 aliphatic rings. The normalized spacial score (nSPS) is 15.3. The van der Waals surface area contributed by atoms with E-state index in [1.165, 1.54) is 11.0 Å². The minimum absolute atomic E-state index is 0.0257. The summed E-state index contributed by atoms with van der Waals surface area (Å²) < 4.78 is 12.4. The largest absolute Gasteiger partial charge is 0.506 e. The number of carbonyl (C=O) groups excluding carboxylic acids is 2. The number of phenolic OH excluding ortho intramolecular Hbond substituents is 1. The van der Waals surface area contributed by atoms with E-state index < -0.39 is 23.4 Å². The topological polar surface area (TPSA) is 190 Å². The summed E-state index contributed by atoms with van der Waals surface area (Å²) in [5.41, 5.74) is 1.02. The number of aliphatic hydroxyl groups is 2. The van der Waals surface area contributed by atoms with Gasteiger partial charge < -0.3 is 45.0 Å². The Hall–Kier alpha value is -5.02. The highest BCUT2D eigenvalue weighted by molar-refractivity contribution is 7.16. The molecule has 0 spiro atoms. The Morgan fingerprint density at radius 1 is 1.04 bits per heavy atom. The van der Waals surface area contributed by atoms with Crippen LogP contribution < -0.4 is 15.5 Å². The minimum atomic E-state index is -1.37. The van der Waals surface area contributed by atoms with Gasteiger partial charge in [-0.15, -0.1) is 0 Å². The Morgan fingerprint density at radius 3 is 2.48 bits per heavy atom. The Bertz CT molecular complexity index is 2140.